The molecule has 0 radical (unpaired) electrons. The predicted octanol–water partition coefficient (Wildman–Crippen LogP) is 4.58. The highest BCUT2D eigenvalue weighted by atomic mass is 79.9. The van der Waals surface area contributed by atoms with Crippen molar-refractivity contribution in [3.63, 3.8) is 0 Å². The van der Waals surface area contributed by atoms with Crippen LogP contribution in [0.1, 0.15) is 11.1 Å². The van der Waals surface area contributed by atoms with Gasteiger partial charge in [0.15, 0.2) is 11.5 Å². The van der Waals surface area contributed by atoms with E-state index in [1.165, 1.54) is 13.3 Å². The van der Waals surface area contributed by atoms with Crippen molar-refractivity contribution in [2.24, 2.45) is 5.10 Å². The van der Waals surface area contributed by atoms with E-state index in [0.717, 1.165) is 10.2 Å². The van der Waals surface area contributed by atoms with E-state index in [4.69, 9.17) is 21.1 Å². The normalized spacial score (nSPS) is 11.2. The Balaban J connectivity index is 1.63. The average molecular weight is 515 g/mol. The number of benzene rings is 3. The molecule has 7 nitrogen and oxygen atoms in total. The van der Waals surface area contributed by atoms with Gasteiger partial charge in [-0.1, -0.05) is 35.9 Å². The molecule has 0 atom stereocenters. The Hall–Kier alpha value is -3.36. The summed E-state index contributed by atoms with van der Waals surface area (Å²) in [5, 5.41) is 5.11. The molecule has 162 valence electrons. The molecule has 0 spiro atoms. The lowest BCUT2D eigenvalue weighted by Crippen LogP contribution is -2.32. The van der Waals surface area contributed by atoms with Crippen LogP contribution in [0, 0.1) is 0 Å². The fourth-order valence-electron chi connectivity index (χ4n) is 3.04. The van der Waals surface area contributed by atoms with Gasteiger partial charge in [0.05, 0.1) is 24.2 Å². The van der Waals surface area contributed by atoms with Crippen LogP contribution in [0.4, 0.5) is 0 Å². The minimum Gasteiger partial charge on any atom is -0.493 e. The van der Waals surface area contributed by atoms with Crippen LogP contribution >= 0.6 is 27.5 Å². The topological polar surface area (TPSA) is 85.7 Å². The minimum atomic E-state index is -0.629. The van der Waals surface area contributed by atoms with Crippen molar-refractivity contribution in [1.29, 1.82) is 0 Å². The maximum Gasteiger partial charge on any atom is 0.349 e. The van der Waals surface area contributed by atoms with Crippen molar-refractivity contribution in [3.8, 4) is 11.5 Å². The zero-order valence-electron chi connectivity index (χ0n) is 16.8. The maximum atomic E-state index is 12.6. The van der Waals surface area contributed by atoms with Gasteiger partial charge in [-0.3, -0.25) is 4.79 Å². The molecule has 0 fully saturated rings. The van der Waals surface area contributed by atoms with Crippen molar-refractivity contribution in [3.05, 3.63) is 102 Å². The zero-order chi connectivity index (χ0) is 22.7. The fraction of sp³-hybridized carbons (Fsp3) is 0.0870. The van der Waals surface area contributed by atoms with Crippen LogP contribution in [0.25, 0.3) is 10.9 Å². The highest BCUT2D eigenvalue weighted by molar-refractivity contribution is 9.10. The number of hydrogen-bond acceptors (Lipinski definition) is 5. The minimum absolute atomic E-state index is 0.329. The van der Waals surface area contributed by atoms with Gasteiger partial charge >= 0.3 is 5.69 Å². The standard InChI is InChI=1S/C23H17BrClN3O4/c1-31-20-10-15(18(24)11-21(20)32-13-14-6-8-16(25)9-7-14)12-26-28-22(29)17-4-2-3-5-19(17)27-23(28)30/h2-12H,13H2,1H3,(H,27,30). The van der Waals surface area contributed by atoms with Gasteiger partial charge in [-0.15, -0.1) is 4.68 Å². The molecule has 0 saturated carbocycles. The highest BCUT2D eigenvalue weighted by Crippen LogP contribution is 2.33. The lowest BCUT2D eigenvalue weighted by atomic mass is 10.2. The summed E-state index contributed by atoms with van der Waals surface area (Å²) < 4.78 is 12.8. The first-order chi connectivity index (χ1) is 15.5. The molecular weight excluding hydrogens is 498 g/mol. The molecule has 4 aromatic rings. The van der Waals surface area contributed by atoms with Crippen LogP contribution < -0.4 is 20.7 Å². The van der Waals surface area contributed by atoms with Gasteiger partial charge < -0.3 is 14.5 Å². The van der Waals surface area contributed by atoms with Crippen molar-refractivity contribution < 1.29 is 9.47 Å². The first-order valence-corrected chi connectivity index (χ1v) is 10.7. The molecule has 0 aliphatic carbocycles. The van der Waals surface area contributed by atoms with Crippen molar-refractivity contribution in [1.82, 2.24) is 9.66 Å². The largest absolute Gasteiger partial charge is 0.493 e. The summed E-state index contributed by atoms with van der Waals surface area (Å²) in [5.74, 6) is 0.996. The molecule has 1 heterocycles. The van der Waals surface area contributed by atoms with E-state index in [9.17, 15) is 9.59 Å². The third-order valence-corrected chi connectivity index (χ3v) is 5.63. The van der Waals surface area contributed by atoms with Gasteiger partial charge in [-0.25, -0.2) is 4.79 Å². The summed E-state index contributed by atoms with van der Waals surface area (Å²) in [7, 11) is 1.53. The molecule has 0 unspecified atom stereocenters. The number of fused-ring (bicyclic) bond motifs is 1. The second kappa shape index (κ2) is 9.42. The zero-order valence-corrected chi connectivity index (χ0v) is 19.2. The fourth-order valence-corrected chi connectivity index (χ4v) is 3.59. The Morgan fingerprint density at radius 1 is 1.09 bits per heavy atom. The number of aromatic nitrogens is 2. The first kappa shape index (κ1) is 21.9. The second-order valence-corrected chi connectivity index (χ2v) is 8.07. The molecule has 0 saturated heterocycles. The quantitative estimate of drug-likeness (QED) is 0.382. The van der Waals surface area contributed by atoms with Crippen molar-refractivity contribution >= 4 is 44.6 Å². The summed E-state index contributed by atoms with van der Waals surface area (Å²) in [4.78, 5) is 27.6. The van der Waals surface area contributed by atoms with Gasteiger partial charge in [0.25, 0.3) is 5.56 Å². The predicted molar refractivity (Wildman–Crippen MR) is 128 cm³/mol. The third kappa shape index (κ3) is 4.61. The number of ether oxygens (including phenoxy) is 2. The van der Waals surface area contributed by atoms with Crippen LogP contribution in [-0.2, 0) is 6.61 Å². The molecule has 3 aromatic carbocycles. The van der Waals surface area contributed by atoms with Gasteiger partial charge in [0.1, 0.15) is 6.61 Å². The molecule has 0 aliphatic rings. The van der Waals surface area contributed by atoms with E-state index in [2.05, 4.69) is 26.0 Å². The summed E-state index contributed by atoms with van der Waals surface area (Å²) >= 11 is 9.39. The van der Waals surface area contributed by atoms with E-state index in [1.54, 1.807) is 48.5 Å². The van der Waals surface area contributed by atoms with Gasteiger partial charge in [-0.05, 0) is 57.9 Å². The number of hydrogen-bond donors (Lipinski definition) is 1. The van der Waals surface area contributed by atoms with Gasteiger partial charge in [0.2, 0.25) is 0 Å². The molecule has 1 aromatic heterocycles. The van der Waals surface area contributed by atoms with Gasteiger partial charge in [0, 0.05) is 15.1 Å². The molecule has 0 bridgehead atoms. The Bertz CT molecular complexity index is 1430. The SMILES string of the molecule is COc1cc(C=Nn2c(=O)[nH]c3ccccc3c2=O)c(Br)cc1OCc1ccc(Cl)cc1. The number of nitrogens with one attached hydrogen (secondary N) is 1. The number of rotatable bonds is 6. The second-order valence-electron chi connectivity index (χ2n) is 6.78. The number of para-hydroxylation sites is 1. The van der Waals surface area contributed by atoms with E-state index in [0.29, 0.717) is 44.1 Å². The van der Waals surface area contributed by atoms with Crippen molar-refractivity contribution in [2.45, 2.75) is 6.61 Å². The number of halogens is 2. The molecule has 9 heteroatoms. The highest BCUT2D eigenvalue weighted by Gasteiger charge is 2.11. The Morgan fingerprint density at radius 3 is 2.59 bits per heavy atom. The number of aromatic amines is 1. The molecular formula is C23H17BrClN3O4. The van der Waals surface area contributed by atoms with E-state index < -0.39 is 11.2 Å². The first-order valence-electron chi connectivity index (χ1n) is 9.49. The summed E-state index contributed by atoms with van der Waals surface area (Å²) in [6.45, 7) is 0.329. The van der Waals surface area contributed by atoms with Crippen LogP contribution in [0.5, 0.6) is 11.5 Å². The van der Waals surface area contributed by atoms with Crippen LogP contribution in [0.3, 0.4) is 0 Å². The molecule has 32 heavy (non-hydrogen) atoms. The summed E-state index contributed by atoms with van der Waals surface area (Å²) in [6.07, 6.45) is 1.40. The Labute approximate surface area is 196 Å². The molecule has 0 amide bonds. The monoisotopic (exact) mass is 513 g/mol. The molecule has 4 rings (SSSR count). The van der Waals surface area contributed by atoms with E-state index >= 15 is 0 Å². The van der Waals surface area contributed by atoms with E-state index in [-0.39, 0.29) is 0 Å². The summed E-state index contributed by atoms with van der Waals surface area (Å²) in [6, 6.07) is 17.5. The van der Waals surface area contributed by atoms with Crippen LogP contribution in [0.15, 0.2) is 79.8 Å². The number of nitrogens with zero attached hydrogens (tertiary/aromatic N) is 2. The lowest BCUT2D eigenvalue weighted by molar-refractivity contribution is 0.284. The number of H-pyrrole nitrogens is 1. The molecule has 0 aliphatic heterocycles. The van der Waals surface area contributed by atoms with Crippen LogP contribution in [0.2, 0.25) is 5.02 Å². The molecule has 1 N–H and O–H groups in total. The Morgan fingerprint density at radius 2 is 1.84 bits per heavy atom. The Kier molecular flexibility index (Phi) is 6.43. The smallest absolute Gasteiger partial charge is 0.349 e. The lowest BCUT2D eigenvalue weighted by Gasteiger charge is -2.13. The van der Waals surface area contributed by atoms with E-state index in [1.807, 2.05) is 12.1 Å². The number of methoxy groups -OCH3 is 1. The third-order valence-electron chi connectivity index (χ3n) is 4.69. The summed E-state index contributed by atoms with van der Waals surface area (Å²) in [5.41, 5.74) is 0.870. The van der Waals surface area contributed by atoms with Gasteiger partial charge in [-0.2, -0.15) is 5.10 Å². The van der Waals surface area contributed by atoms with Crippen LogP contribution in [-0.4, -0.2) is 23.0 Å². The maximum absolute atomic E-state index is 12.6. The average Bonchev–Trinajstić information content (AvgIpc) is 2.79. The van der Waals surface area contributed by atoms with Crippen molar-refractivity contribution in [2.75, 3.05) is 7.11 Å².